The van der Waals surface area contributed by atoms with E-state index in [4.69, 9.17) is 5.73 Å². The molecule has 5 nitrogen and oxygen atoms in total. The third-order valence-electron chi connectivity index (χ3n) is 4.71. The van der Waals surface area contributed by atoms with Crippen LogP contribution in [0.5, 0.6) is 0 Å². The van der Waals surface area contributed by atoms with Gasteiger partial charge in [0.05, 0.1) is 4.90 Å². The summed E-state index contributed by atoms with van der Waals surface area (Å²) in [6.07, 6.45) is 5.83. The number of nitrogens with zero attached hydrogens (tertiary/aromatic N) is 1. The predicted octanol–water partition coefficient (Wildman–Crippen LogP) is 3.11. The van der Waals surface area contributed by atoms with E-state index < -0.39 is 10.0 Å². The lowest BCUT2D eigenvalue weighted by Gasteiger charge is -2.15. The van der Waals surface area contributed by atoms with Crippen molar-refractivity contribution in [1.29, 1.82) is 0 Å². The lowest BCUT2D eigenvalue weighted by molar-refractivity contribution is 0.473. The van der Waals surface area contributed by atoms with Crippen molar-refractivity contribution in [3.05, 3.63) is 72.6 Å². The quantitative estimate of drug-likeness (QED) is 0.556. The molecule has 0 aliphatic heterocycles. The number of pyridine rings is 1. The van der Waals surface area contributed by atoms with Gasteiger partial charge in [-0.1, -0.05) is 42.5 Å². The minimum atomic E-state index is -3.56. The Kier molecular flexibility index (Phi) is 6.55. The molecule has 0 amide bonds. The molecule has 0 saturated heterocycles. The molecule has 3 N–H and O–H groups in total. The first-order valence-electron chi connectivity index (χ1n) is 9.16. The number of nitrogens with two attached hydrogens (primary N) is 1. The zero-order valence-corrected chi connectivity index (χ0v) is 16.0. The first-order valence-corrected chi connectivity index (χ1v) is 10.6. The highest BCUT2D eigenvalue weighted by Crippen LogP contribution is 2.22. The van der Waals surface area contributed by atoms with E-state index in [1.807, 2.05) is 24.3 Å². The molecule has 0 bridgehead atoms. The smallest absolute Gasteiger partial charge is 0.241 e. The highest BCUT2D eigenvalue weighted by Gasteiger charge is 2.17. The van der Waals surface area contributed by atoms with E-state index >= 15 is 0 Å². The van der Waals surface area contributed by atoms with Crippen LogP contribution < -0.4 is 10.5 Å². The van der Waals surface area contributed by atoms with Crippen LogP contribution in [0.4, 0.5) is 0 Å². The van der Waals surface area contributed by atoms with Gasteiger partial charge in [0.25, 0.3) is 0 Å². The fourth-order valence-electron chi connectivity index (χ4n) is 3.25. The Morgan fingerprint density at radius 2 is 1.85 bits per heavy atom. The van der Waals surface area contributed by atoms with E-state index in [2.05, 4.69) is 21.8 Å². The van der Waals surface area contributed by atoms with Gasteiger partial charge in [0.1, 0.15) is 0 Å². The minimum Gasteiger partial charge on any atom is -0.330 e. The Morgan fingerprint density at radius 1 is 1.04 bits per heavy atom. The van der Waals surface area contributed by atoms with Crippen LogP contribution in [0, 0.1) is 5.92 Å². The predicted molar refractivity (Wildman–Crippen MR) is 109 cm³/mol. The van der Waals surface area contributed by atoms with Gasteiger partial charge in [-0.2, -0.15) is 0 Å². The second-order valence-electron chi connectivity index (χ2n) is 6.68. The molecule has 0 spiro atoms. The van der Waals surface area contributed by atoms with Crippen molar-refractivity contribution in [2.45, 2.75) is 24.2 Å². The van der Waals surface area contributed by atoms with E-state index in [1.54, 1.807) is 30.6 Å². The standard InChI is InChI=1S/C21H25N3O2S/c22-15-18(14-17-6-2-1-3-7-17)8-5-12-24-27(25,26)21-10-4-9-19-16-23-13-11-20(19)21/h1-4,6-7,9-11,13,16,18,24H,5,8,12,14-15,22H2. The van der Waals surface area contributed by atoms with Crippen molar-refractivity contribution in [3.63, 3.8) is 0 Å². The molecule has 3 rings (SSSR count). The largest absolute Gasteiger partial charge is 0.330 e. The molecule has 0 aliphatic carbocycles. The summed E-state index contributed by atoms with van der Waals surface area (Å²) in [6, 6.07) is 17.2. The Labute approximate surface area is 160 Å². The molecule has 0 radical (unpaired) electrons. The molecule has 0 aliphatic rings. The van der Waals surface area contributed by atoms with Crippen molar-refractivity contribution in [2.24, 2.45) is 11.7 Å². The van der Waals surface area contributed by atoms with Gasteiger partial charge in [-0.15, -0.1) is 0 Å². The maximum Gasteiger partial charge on any atom is 0.241 e. The molecule has 27 heavy (non-hydrogen) atoms. The monoisotopic (exact) mass is 383 g/mol. The number of rotatable bonds is 9. The van der Waals surface area contributed by atoms with Gasteiger partial charge in [0, 0.05) is 29.7 Å². The number of fused-ring (bicyclic) bond motifs is 1. The first-order chi connectivity index (χ1) is 13.1. The molecule has 1 unspecified atom stereocenters. The summed E-state index contributed by atoms with van der Waals surface area (Å²) in [5.41, 5.74) is 7.16. The minimum absolute atomic E-state index is 0.294. The second-order valence-corrected chi connectivity index (χ2v) is 8.42. The molecule has 1 atom stereocenters. The summed E-state index contributed by atoms with van der Waals surface area (Å²) in [6.45, 7) is 0.993. The van der Waals surface area contributed by atoms with Gasteiger partial charge in [-0.3, -0.25) is 4.98 Å². The highest BCUT2D eigenvalue weighted by atomic mass is 32.2. The van der Waals surface area contributed by atoms with E-state index in [0.29, 0.717) is 29.3 Å². The molecular weight excluding hydrogens is 358 g/mol. The van der Waals surface area contributed by atoms with Crippen LogP contribution in [0.2, 0.25) is 0 Å². The van der Waals surface area contributed by atoms with Crippen molar-refractivity contribution < 1.29 is 8.42 Å². The third kappa shape index (κ3) is 5.13. The summed E-state index contributed by atoms with van der Waals surface area (Å²) < 4.78 is 28.1. The van der Waals surface area contributed by atoms with Crippen molar-refractivity contribution >= 4 is 20.8 Å². The maximum absolute atomic E-state index is 12.7. The van der Waals surface area contributed by atoms with Gasteiger partial charge >= 0.3 is 0 Å². The number of aromatic nitrogens is 1. The highest BCUT2D eigenvalue weighted by molar-refractivity contribution is 7.89. The fourth-order valence-corrected chi connectivity index (χ4v) is 4.55. The number of benzene rings is 2. The van der Waals surface area contributed by atoms with Crippen LogP contribution in [-0.2, 0) is 16.4 Å². The number of hydrogen-bond donors (Lipinski definition) is 2. The Balaban J connectivity index is 1.57. The lowest BCUT2D eigenvalue weighted by Crippen LogP contribution is -2.26. The van der Waals surface area contributed by atoms with Gasteiger partial charge < -0.3 is 5.73 Å². The topological polar surface area (TPSA) is 85.1 Å². The fraction of sp³-hybridized carbons (Fsp3) is 0.286. The Bertz CT molecular complexity index is 970. The average Bonchev–Trinajstić information content (AvgIpc) is 2.70. The van der Waals surface area contributed by atoms with Crippen molar-refractivity contribution in [2.75, 3.05) is 13.1 Å². The van der Waals surface area contributed by atoms with Crippen molar-refractivity contribution in [1.82, 2.24) is 9.71 Å². The van der Waals surface area contributed by atoms with Crippen LogP contribution in [0.1, 0.15) is 18.4 Å². The normalized spacial score (nSPS) is 12.9. The van der Waals surface area contributed by atoms with Crippen LogP contribution in [0.3, 0.4) is 0 Å². The first kappa shape index (κ1) is 19.5. The second kappa shape index (κ2) is 9.08. The molecule has 142 valence electrons. The zero-order chi connectivity index (χ0) is 19.1. The Hall–Kier alpha value is -2.28. The number of sulfonamides is 1. The van der Waals surface area contributed by atoms with Gasteiger partial charge in [0.15, 0.2) is 0 Å². The van der Waals surface area contributed by atoms with E-state index in [9.17, 15) is 8.42 Å². The van der Waals surface area contributed by atoms with Crippen LogP contribution in [-0.4, -0.2) is 26.5 Å². The van der Waals surface area contributed by atoms with Crippen LogP contribution in [0.15, 0.2) is 71.9 Å². The summed E-state index contributed by atoms with van der Waals surface area (Å²) in [5, 5.41) is 1.50. The average molecular weight is 384 g/mol. The third-order valence-corrected chi connectivity index (χ3v) is 6.23. The molecule has 0 saturated carbocycles. The van der Waals surface area contributed by atoms with E-state index in [1.165, 1.54) is 5.56 Å². The lowest BCUT2D eigenvalue weighted by atomic mass is 9.95. The van der Waals surface area contributed by atoms with Crippen molar-refractivity contribution in [3.8, 4) is 0 Å². The Morgan fingerprint density at radius 3 is 2.63 bits per heavy atom. The molecule has 6 heteroatoms. The number of nitrogens with one attached hydrogen (secondary N) is 1. The molecule has 2 aromatic carbocycles. The van der Waals surface area contributed by atoms with Crippen LogP contribution in [0.25, 0.3) is 10.8 Å². The van der Waals surface area contributed by atoms with E-state index in [-0.39, 0.29) is 0 Å². The molecule has 1 aromatic heterocycles. The summed E-state index contributed by atoms with van der Waals surface area (Å²) in [7, 11) is -3.56. The summed E-state index contributed by atoms with van der Waals surface area (Å²) in [4.78, 5) is 4.34. The summed E-state index contributed by atoms with van der Waals surface area (Å²) >= 11 is 0. The van der Waals surface area contributed by atoms with Gasteiger partial charge in [0.2, 0.25) is 10.0 Å². The van der Waals surface area contributed by atoms with Gasteiger partial charge in [-0.25, -0.2) is 13.1 Å². The summed E-state index contributed by atoms with van der Waals surface area (Å²) in [5.74, 6) is 0.348. The van der Waals surface area contributed by atoms with E-state index in [0.717, 1.165) is 24.6 Å². The molecule has 0 fully saturated rings. The number of hydrogen-bond acceptors (Lipinski definition) is 4. The van der Waals surface area contributed by atoms with Crippen LogP contribution >= 0.6 is 0 Å². The van der Waals surface area contributed by atoms with Gasteiger partial charge in [-0.05, 0) is 49.4 Å². The zero-order valence-electron chi connectivity index (χ0n) is 15.2. The molecular formula is C21H25N3O2S. The molecule has 3 aromatic rings. The SMILES string of the molecule is NCC(CCCNS(=O)(=O)c1cccc2cnccc12)Cc1ccccc1. The molecule has 1 heterocycles. The maximum atomic E-state index is 12.7.